The summed E-state index contributed by atoms with van der Waals surface area (Å²) in [6.07, 6.45) is 15.0. The molecule has 1 atom stereocenters. The zero-order valence-electron chi connectivity index (χ0n) is 24.0. The first kappa shape index (κ1) is 33.3. The Labute approximate surface area is 222 Å². The summed E-state index contributed by atoms with van der Waals surface area (Å²) >= 11 is 0. The summed E-state index contributed by atoms with van der Waals surface area (Å²) in [6.45, 7) is 15.2. The Morgan fingerprint density at radius 3 is 2.03 bits per heavy atom. The van der Waals surface area contributed by atoms with Crippen LogP contribution < -0.4 is 10.6 Å². The van der Waals surface area contributed by atoms with E-state index in [-0.39, 0.29) is 11.8 Å². The summed E-state index contributed by atoms with van der Waals surface area (Å²) in [6, 6.07) is 0.698. The van der Waals surface area contributed by atoms with Crippen molar-refractivity contribution in [3.63, 3.8) is 0 Å². The molecule has 0 aromatic rings. The second-order valence-electron chi connectivity index (χ2n) is 10.4. The minimum Gasteiger partial charge on any atom is -0.378 e. The van der Waals surface area contributed by atoms with Crippen molar-refractivity contribution in [2.45, 2.75) is 104 Å². The Bertz CT molecular complexity index is 487. The molecule has 1 fully saturated rings. The maximum atomic E-state index is 12.1. The first-order chi connectivity index (χ1) is 17.7. The van der Waals surface area contributed by atoms with Crippen molar-refractivity contribution >= 4 is 5.91 Å². The predicted molar refractivity (Wildman–Crippen MR) is 150 cm³/mol. The van der Waals surface area contributed by atoms with Crippen LogP contribution in [0.25, 0.3) is 0 Å². The van der Waals surface area contributed by atoms with Crippen molar-refractivity contribution in [1.29, 1.82) is 0 Å². The van der Waals surface area contributed by atoms with Gasteiger partial charge in [0.15, 0.2) is 0 Å². The number of amides is 1. The molecular formula is C29H59N3O4. The van der Waals surface area contributed by atoms with Crippen LogP contribution in [0.15, 0.2) is 0 Å². The summed E-state index contributed by atoms with van der Waals surface area (Å²) in [5, 5.41) is 6.70. The third-order valence-corrected chi connectivity index (χ3v) is 7.08. The van der Waals surface area contributed by atoms with Gasteiger partial charge in [-0.25, -0.2) is 0 Å². The average Bonchev–Trinajstić information content (AvgIpc) is 2.89. The van der Waals surface area contributed by atoms with E-state index in [0.717, 1.165) is 26.0 Å². The molecule has 1 heterocycles. The summed E-state index contributed by atoms with van der Waals surface area (Å²) < 4.78 is 16.9. The zero-order valence-corrected chi connectivity index (χ0v) is 24.0. The SMILES string of the molecule is CCCCCCCC(C)C(=O)NCCOCCOCCOCCN1CCC(NCCCCCC)CC1. The van der Waals surface area contributed by atoms with Gasteiger partial charge in [-0.15, -0.1) is 0 Å². The fraction of sp³-hybridized carbons (Fsp3) is 0.966. The van der Waals surface area contributed by atoms with E-state index in [2.05, 4.69) is 29.4 Å². The van der Waals surface area contributed by atoms with Crippen LogP contribution in [-0.4, -0.2) is 89.2 Å². The minimum atomic E-state index is 0.0869. The summed E-state index contributed by atoms with van der Waals surface area (Å²) in [4.78, 5) is 14.6. The van der Waals surface area contributed by atoms with Gasteiger partial charge in [-0.3, -0.25) is 4.79 Å². The Morgan fingerprint density at radius 2 is 1.36 bits per heavy atom. The van der Waals surface area contributed by atoms with Crippen molar-refractivity contribution in [3.8, 4) is 0 Å². The quantitative estimate of drug-likeness (QED) is 0.171. The Kier molecular flexibility index (Phi) is 22.8. The van der Waals surface area contributed by atoms with E-state index in [4.69, 9.17) is 14.2 Å². The van der Waals surface area contributed by atoms with Gasteiger partial charge < -0.3 is 29.7 Å². The van der Waals surface area contributed by atoms with Crippen LogP contribution in [-0.2, 0) is 19.0 Å². The third kappa shape index (κ3) is 19.4. The van der Waals surface area contributed by atoms with Crippen LogP contribution in [0, 0.1) is 5.92 Å². The number of carbonyl (C=O) groups is 1. The lowest BCUT2D eigenvalue weighted by atomic mass is 10.0. The highest BCUT2D eigenvalue weighted by Crippen LogP contribution is 2.12. The molecule has 7 heteroatoms. The van der Waals surface area contributed by atoms with Gasteiger partial charge in [-0.1, -0.05) is 72.1 Å². The van der Waals surface area contributed by atoms with Crippen LogP contribution in [0.4, 0.5) is 0 Å². The molecule has 214 valence electrons. The third-order valence-electron chi connectivity index (χ3n) is 7.08. The molecule has 0 aliphatic carbocycles. The van der Waals surface area contributed by atoms with Crippen molar-refractivity contribution in [3.05, 3.63) is 0 Å². The molecule has 36 heavy (non-hydrogen) atoms. The molecule has 1 amide bonds. The number of piperidine rings is 1. The molecule has 1 unspecified atom stereocenters. The first-order valence-electron chi connectivity index (χ1n) is 15.1. The fourth-order valence-electron chi connectivity index (χ4n) is 4.56. The number of hydrogen-bond donors (Lipinski definition) is 2. The lowest BCUT2D eigenvalue weighted by Crippen LogP contribution is -2.43. The highest BCUT2D eigenvalue weighted by Gasteiger charge is 2.18. The zero-order chi connectivity index (χ0) is 26.1. The molecular weight excluding hydrogens is 454 g/mol. The van der Waals surface area contributed by atoms with Crippen molar-refractivity contribution in [2.75, 3.05) is 72.4 Å². The number of unbranched alkanes of at least 4 members (excludes halogenated alkanes) is 7. The van der Waals surface area contributed by atoms with E-state index in [1.807, 2.05) is 6.92 Å². The second kappa shape index (κ2) is 24.6. The number of nitrogens with one attached hydrogen (secondary N) is 2. The molecule has 1 rings (SSSR count). The van der Waals surface area contributed by atoms with Crippen LogP contribution >= 0.6 is 0 Å². The number of rotatable bonds is 25. The molecule has 0 spiro atoms. The van der Waals surface area contributed by atoms with Gasteiger partial charge in [-0.05, 0) is 45.3 Å². The lowest BCUT2D eigenvalue weighted by Gasteiger charge is -2.32. The maximum Gasteiger partial charge on any atom is 0.222 e. The first-order valence-corrected chi connectivity index (χ1v) is 15.1. The molecule has 1 aliphatic rings. The van der Waals surface area contributed by atoms with E-state index < -0.39 is 0 Å². The Balaban J connectivity index is 1.81. The van der Waals surface area contributed by atoms with Gasteiger partial charge in [0.25, 0.3) is 0 Å². The van der Waals surface area contributed by atoms with E-state index in [0.29, 0.717) is 45.6 Å². The van der Waals surface area contributed by atoms with Gasteiger partial charge in [0.2, 0.25) is 5.91 Å². The fourth-order valence-corrected chi connectivity index (χ4v) is 4.56. The van der Waals surface area contributed by atoms with E-state index in [1.165, 1.54) is 83.8 Å². The molecule has 7 nitrogen and oxygen atoms in total. The van der Waals surface area contributed by atoms with Crippen LogP contribution in [0.3, 0.4) is 0 Å². The topological polar surface area (TPSA) is 72.1 Å². The van der Waals surface area contributed by atoms with Gasteiger partial charge in [0.1, 0.15) is 0 Å². The van der Waals surface area contributed by atoms with Gasteiger partial charge in [0, 0.05) is 25.0 Å². The Morgan fingerprint density at radius 1 is 0.778 bits per heavy atom. The standard InChI is InChI=1S/C29H59N3O4/c1-4-6-8-10-11-13-27(3)29(33)31-17-21-34-23-25-36-26-24-35-22-20-32-18-14-28(15-19-32)30-16-12-9-7-5-2/h27-28,30H,4-26H2,1-3H3,(H,31,33). The number of nitrogens with zero attached hydrogens (tertiary/aromatic N) is 1. The van der Waals surface area contributed by atoms with Gasteiger partial charge in [0.05, 0.1) is 39.6 Å². The Hall–Kier alpha value is -0.730. The molecule has 0 saturated carbocycles. The number of hydrogen-bond acceptors (Lipinski definition) is 6. The molecule has 1 saturated heterocycles. The molecule has 0 radical (unpaired) electrons. The monoisotopic (exact) mass is 513 g/mol. The largest absolute Gasteiger partial charge is 0.378 e. The summed E-state index contributed by atoms with van der Waals surface area (Å²) in [5.41, 5.74) is 0. The van der Waals surface area contributed by atoms with E-state index in [1.54, 1.807) is 0 Å². The number of likely N-dealkylation sites (tertiary alicyclic amines) is 1. The number of ether oxygens (including phenoxy) is 3. The highest BCUT2D eigenvalue weighted by molar-refractivity contribution is 5.78. The van der Waals surface area contributed by atoms with Gasteiger partial charge in [-0.2, -0.15) is 0 Å². The molecule has 0 aromatic heterocycles. The molecule has 0 aromatic carbocycles. The predicted octanol–water partition coefficient (Wildman–Crippen LogP) is 4.78. The number of carbonyl (C=O) groups excluding carboxylic acids is 1. The van der Waals surface area contributed by atoms with Crippen molar-refractivity contribution in [2.24, 2.45) is 5.92 Å². The lowest BCUT2D eigenvalue weighted by molar-refractivity contribution is -0.125. The van der Waals surface area contributed by atoms with Crippen LogP contribution in [0.1, 0.15) is 97.8 Å². The second-order valence-corrected chi connectivity index (χ2v) is 10.4. The van der Waals surface area contributed by atoms with E-state index in [9.17, 15) is 4.79 Å². The highest BCUT2D eigenvalue weighted by atomic mass is 16.5. The smallest absolute Gasteiger partial charge is 0.222 e. The maximum absolute atomic E-state index is 12.1. The molecule has 2 N–H and O–H groups in total. The molecule has 0 bridgehead atoms. The summed E-state index contributed by atoms with van der Waals surface area (Å²) in [7, 11) is 0. The normalized spacial score (nSPS) is 15.9. The van der Waals surface area contributed by atoms with E-state index >= 15 is 0 Å². The van der Waals surface area contributed by atoms with Crippen LogP contribution in [0.5, 0.6) is 0 Å². The summed E-state index contributed by atoms with van der Waals surface area (Å²) in [5.74, 6) is 0.227. The van der Waals surface area contributed by atoms with Crippen molar-refractivity contribution < 1.29 is 19.0 Å². The average molecular weight is 514 g/mol. The van der Waals surface area contributed by atoms with Gasteiger partial charge >= 0.3 is 0 Å². The minimum absolute atomic E-state index is 0.0869. The van der Waals surface area contributed by atoms with Crippen molar-refractivity contribution in [1.82, 2.24) is 15.5 Å². The molecule has 1 aliphatic heterocycles. The van der Waals surface area contributed by atoms with Crippen LogP contribution in [0.2, 0.25) is 0 Å².